The van der Waals surface area contributed by atoms with Crippen molar-refractivity contribution in [2.75, 3.05) is 6.61 Å². The van der Waals surface area contributed by atoms with Crippen LogP contribution in [-0.4, -0.2) is 40.8 Å². The molecule has 0 spiro atoms. The van der Waals surface area contributed by atoms with Crippen LogP contribution in [0.1, 0.15) is 13.3 Å². The molecule has 1 aliphatic carbocycles. The Kier molecular flexibility index (Phi) is 3.38. The second kappa shape index (κ2) is 4.34. The van der Waals surface area contributed by atoms with E-state index in [4.69, 9.17) is 5.11 Å². The third-order valence-electron chi connectivity index (χ3n) is 1.94. The van der Waals surface area contributed by atoms with Crippen molar-refractivity contribution in [2.24, 2.45) is 0 Å². The summed E-state index contributed by atoms with van der Waals surface area (Å²) in [5.41, 5.74) is 0.106. The van der Waals surface area contributed by atoms with Gasteiger partial charge in [0.25, 0.3) is 0 Å². The first-order valence-electron chi connectivity index (χ1n) is 4.34. The second-order valence-corrected chi connectivity index (χ2v) is 3.01. The van der Waals surface area contributed by atoms with Gasteiger partial charge in [0.1, 0.15) is 6.10 Å². The van der Waals surface area contributed by atoms with Crippen LogP contribution in [0, 0.1) is 0 Å². The number of hydrogen-bond donors (Lipinski definition) is 2. The minimum Gasteiger partial charge on any atom is -0.463 e. The quantitative estimate of drug-likeness (QED) is 0.568. The van der Waals surface area contributed by atoms with Gasteiger partial charge in [-0.05, 0) is 13.0 Å². The van der Waals surface area contributed by atoms with Crippen LogP contribution in [0.5, 0.6) is 0 Å². The molecule has 2 atom stereocenters. The highest BCUT2D eigenvalue weighted by Gasteiger charge is 2.31. The molecule has 0 aromatic carbocycles. The van der Waals surface area contributed by atoms with E-state index in [9.17, 15) is 14.7 Å². The van der Waals surface area contributed by atoms with Crippen molar-refractivity contribution in [3.63, 3.8) is 0 Å². The highest BCUT2D eigenvalue weighted by Crippen LogP contribution is 2.17. The topological polar surface area (TPSA) is 83.8 Å². The zero-order valence-electron chi connectivity index (χ0n) is 7.77. The van der Waals surface area contributed by atoms with Crippen LogP contribution >= 0.6 is 0 Å². The van der Waals surface area contributed by atoms with Crippen LogP contribution in [0.3, 0.4) is 0 Å². The lowest BCUT2D eigenvalue weighted by Gasteiger charge is -2.21. The van der Waals surface area contributed by atoms with E-state index >= 15 is 0 Å². The van der Waals surface area contributed by atoms with E-state index in [-0.39, 0.29) is 18.6 Å². The van der Waals surface area contributed by atoms with Crippen LogP contribution in [0.25, 0.3) is 0 Å². The number of rotatable bonds is 2. The molecule has 0 amide bonds. The maximum absolute atomic E-state index is 11.2. The Hall–Kier alpha value is -1.20. The van der Waals surface area contributed by atoms with Gasteiger partial charge in [0.2, 0.25) is 0 Å². The molecule has 0 radical (unpaired) electrons. The Labute approximate surface area is 81.0 Å². The summed E-state index contributed by atoms with van der Waals surface area (Å²) >= 11 is 0. The minimum atomic E-state index is -1.42. The summed E-state index contributed by atoms with van der Waals surface area (Å²) in [4.78, 5) is 22.2. The van der Waals surface area contributed by atoms with Gasteiger partial charge in [0.05, 0.1) is 12.7 Å². The largest absolute Gasteiger partial charge is 0.463 e. The van der Waals surface area contributed by atoms with E-state index in [1.165, 1.54) is 0 Å². The Morgan fingerprint density at radius 2 is 2.29 bits per heavy atom. The average molecular weight is 200 g/mol. The van der Waals surface area contributed by atoms with E-state index in [0.29, 0.717) is 0 Å². The molecule has 0 fully saturated rings. The predicted octanol–water partition coefficient (Wildman–Crippen LogP) is -0.830. The molecular formula is C9H12O5. The fourth-order valence-electron chi connectivity index (χ4n) is 1.21. The number of ketones is 1. The van der Waals surface area contributed by atoms with Crippen molar-refractivity contribution in [3.05, 3.63) is 11.6 Å². The van der Waals surface area contributed by atoms with Gasteiger partial charge in [-0.1, -0.05) is 0 Å². The molecule has 0 heterocycles. The molecule has 0 saturated carbocycles. The molecule has 0 aromatic heterocycles. The van der Waals surface area contributed by atoms with Crippen molar-refractivity contribution in [1.82, 2.24) is 0 Å². The zero-order valence-corrected chi connectivity index (χ0v) is 7.77. The van der Waals surface area contributed by atoms with Crippen LogP contribution in [0.4, 0.5) is 0 Å². The van der Waals surface area contributed by atoms with Crippen LogP contribution < -0.4 is 0 Å². The SMILES string of the molecule is CCOC(=O)C1=CC(=O)[C@@H](O)[C@H](O)C1. The number of aliphatic hydroxyl groups is 2. The van der Waals surface area contributed by atoms with Gasteiger partial charge in [0, 0.05) is 12.0 Å². The smallest absolute Gasteiger partial charge is 0.334 e. The van der Waals surface area contributed by atoms with Crippen molar-refractivity contribution in [1.29, 1.82) is 0 Å². The molecule has 1 rings (SSSR count). The summed E-state index contributed by atoms with van der Waals surface area (Å²) in [6, 6.07) is 0. The Bertz CT molecular complexity index is 281. The predicted molar refractivity (Wildman–Crippen MR) is 46.4 cm³/mol. The van der Waals surface area contributed by atoms with E-state index < -0.39 is 24.0 Å². The van der Waals surface area contributed by atoms with Crippen molar-refractivity contribution < 1.29 is 24.5 Å². The van der Waals surface area contributed by atoms with E-state index in [1.807, 2.05) is 0 Å². The van der Waals surface area contributed by atoms with Gasteiger partial charge in [-0.25, -0.2) is 4.79 Å². The molecule has 5 nitrogen and oxygen atoms in total. The van der Waals surface area contributed by atoms with Gasteiger partial charge in [0.15, 0.2) is 5.78 Å². The van der Waals surface area contributed by atoms with Gasteiger partial charge >= 0.3 is 5.97 Å². The maximum atomic E-state index is 11.2. The van der Waals surface area contributed by atoms with Crippen LogP contribution in [0.2, 0.25) is 0 Å². The van der Waals surface area contributed by atoms with Gasteiger partial charge in [-0.3, -0.25) is 4.79 Å². The fourth-order valence-corrected chi connectivity index (χ4v) is 1.21. The summed E-state index contributed by atoms with van der Waals surface area (Å²) in [6.45, 7) is 1.86. The van der Waals surface area contributed by atoms with E-state index in [1.54, 1.807) is 6.92 Å². The number of ether oxygens (including phenoxy) is 1. The number of esters is 1. The van der Waals surface area contributed by atoms with E-state index in [0.717, 1.165) is 6.08 Å². The van der Waals surface area contributed by atoms with Crippen molar-refractivity contribution >= 4 is 11.8 Å². The highest BCUT2D eigenvalue weighted by molar-refractivity contribution is 6.03. The zero-order chi connectivity index (χ0) is 10.7. The van der Waals surface area contributed by atoms with Crippen molar-refractivity contribution in [3.8, 4) is 0 Å². The third kappa shape index (κ3) is 2.18. The lowest BCUT2D eigenvalue weighted by atomic mass is 9.93. The molecule has 0 unspecified atom stereocenters. The molecule has 2 N–H and O–H groups in total. The minimum absolute atomic E-state index is 0.0499. The molecule has 14 heavy (non-hydrogen) atoms. The number of aliphatic hydroxyl groups excluding tert-OH is 2. The van der Waals surface area contributed by atoms with Crippen LogP contribution in [-0.2, 0) is 14.3 Å². The molecule has 0 saturated heterocycles. The molecule has 0 bridgehead atoms. The first-order chi connectivity index (χ1) is 6.56. The number of hydrogen-bond acceptors (Lipinski definition) is 5. The normalized spacial score (nSPS) is 27.1. The second-order valence-electron chi connectivity index (χ2n) is 3.01. The van der Waals surface area contributed by atoms with Crippen molar-refractivity contribution in [2.45, 2.75) is 25.6 Å². The summed E-state index contributed by atoms with van der Waals surface area (Å²) in [6.07, 6.45) is -1.67. The first-order valence-corrected chi connectivity index (χ1v) is 4.34. The summed E-state index contributed by atoms with van der Waals surface area (Å²) in [7, 11) is 0. The summed E-state index contributed by atoms with van der Waals surface area (Å²) < 4.78 is 4.66. The molecule has 5 heteroatoms. The lowest BCUT2D eigenvalue weighted by Crippen LogP contribution is -2.38. The Morgan fingerprint density at radius 3 is 2.79 bits per heavy atom. The Balaban J connectivity index is 2.76. The summed E-state index contributed by atoms with van der Waals surface area (Å²) in [5, 5.41) is 18.3. The van der Waals surface area contributed by atoms with Gasteiger partial charge in [-0.15, -0.1) is 0 Å². The van der Waals surface area contributed by atoms with E-state index in [2.05, 4.69) is 4.74 Å². The lowest BCUT2D eigenvalue weighted by molar-refractivity contribution is -0.141. The average Bonchev–Trinajstić information content (AvgIpc) is 2.13. The molecule has 0 aromatic rings. The van der Waals surface area contributed by atoms with Gasteiger partial charge < -0.3 is 14.9 Å². The number of carbonyl (C=O) groups excluding carboxylic acids is 2. The van der Waals surface area contributed by atoms with Gasteiger partial charge in [-0.2, -0.15) is 0 Å². The van der Waals surface area contributed by atoms with Crippen LogP contribution in [0.15, 0.2) is 11.6 Å². The molecule has 78 valence electrons. The Morgan fingerprint density at radius 1 is 1.64 bits per heavy atom. The fraction of sp³-hybridized carbons (Fsp3) is 0.556. The standard InChI is InChI=1S/C9H12O5/c1-2-14-9(13)5-3-6(10)8(12)7(11)4-5/h3,7-8,11-12H,2,4H2,1H3/t7-,8-/m1/s1. The third-order valence-corrected chi connectivity index (χ3v) is 1.94. The highest BCUT2D eigenvalue weighted by atomic mass is 16.5. The maximum Gasteiger partial charge on any atom is 0.334 e. The monoisotopic (exact) mass is 200 g/mol. The molecule has 0 aliphatic heterocycles. The molecule has 1 aliphatic rings. The first kappa shape index (κ1) is 10.9. The number of carbonyl (C=O) groups is 2. The molecular weight excluding hydrogens is 188 g/mol. The summed E-state index contributed by atoms with van der Waals surface area (Å²) in [5.74, 6) is -1.28.